The fourth-order valence-electron chi connectivity index (χ4n) is 3.54. The first-order valence-electron chi connectivity index (χ1n) is 8.39. The average Bonchev–Trinajstić information content (AvgIpc) is 2.43. The maximum absolute atomic E-state index is 3.75. The van der Waals surface area contributed by atoms with Gasteiger partial charge in [0.05, 0.1) is 0 Å². The van der Waals surface area contributed by atoms with Crippen LogP contribution in [0.2, 0.25) is 0 Å². The molecule has 2 rings (SSSR count). The van der Waals surface area contributed by atoms with Crippen LogP contribution in [0, 0.1) is 25.7 Å². The summed E-state index contributed by atoms with van der Waals surface area (Å²) in [6.45, 7) is 10.1. The Hall–Kier alpha value is -0.820. The second kappa shape index (κ2) is 7.26. The van der Waals surface area contributed by atoms with E-state index in [1.807, 2.05) is 0 Å². The summed E-state index contributed by atoms with van der Waals surface area (Å²) in [4.78, 5) is 0. The molecule has 1 heteroatoms. The summed E-state index contributed by atoms with van der Waals surface area (Å²) >= 11 is 0. The minimum Gasteiger partial charge on any atom is -0.314 e. The van der Waals surface area contributed by atoms with Crippen LogP contribution in [-0.2, 0) is 6.42 Å². The molecule has 1 aromatic carbocycles. The topological polar surface area (TPSA) is 12.0 Å². The summed E-state index contributed by atoms with van der Waals surface area (Å²) in [5.74, 6) is 1.81. The van der Waals surface area contributed by atoms with Crippen molar-refractivity contribution in [2.45, 2.75) is 65.8 Å². The summed E-state index contributed by atoms with van der Waals surface area (Å²) in [6, 6.07) is 7.63. The number of benzene rings is 1. The summed E-state index contributed by atoms with van der Waals surface area (Å²) in [5, 5.41) is 3.75. The zero-order valence-electron chi connectivity index (χ0n) is 13.7. The molecule has 1 unspecified atom stereocenters. The Bertz CT molecular complexity index is 416. The SMILES string of the molecule is CCNC(Cc1ccc(C)c(C)c1)C1CCC(C)CC1. The normalized spacial score (nSPS) is 24.6. The molecule has 0 radical (unpaired) electrons. The molecule has 112 valence electrons. The molecule has 1 atom stereocenters. The Kier molecular flexibility index (Phi) is 5.65. The first-order valence-corrected chi connectivity index (χ1v) is 8.39. The van der Waals surface area contributed by atoms with Crippen LogP contribution in [0.3, 0.4) is 0 Å². The standard InChI is InChI=1S/C19H31N/c1-5-20-19(18-10-6-14(2)7-11-18)13-17-9-8-15(3)16(4)12-17/h8-9,12,14,18-20H,5-7,10-11,13H2,1-4H3. The zero-order chi connectivity index (χ0) is 14.5. The van der Waals surface area contributed by atoms with Gasteiger partial charge in [0, 0.05) is 6.04 Å². The minimum absolute atomic E-state index is 0.662. The summed E-state index contributed by atoms with van der Waals surface area (Å²) in [5.41, 5.74) is 4.33. The molecule has 1 saturated carbocycles. The maximum Gasteiger partial charge on any atom is 0.0136 e. The lowest BCUT2D eigenvalue weighted by Gasteiger charge is -2.33. The zero-order valence-corrected chi connectivity index (χ0v) is 13.7. The van der Waals surface area contributed by atoms with E-state index in [-0.39, 0.29) is 0 Å². The van der Waals surface area contributed by atoms with E-state index >= 15 is 0 Å². The summed E-state index contributed by atoms with van der Waals surface area (Å²) < 4.78 is 0. The monoisotopic (exact) mass is 273 g/mol. The van der Waals surface area contributed by atoms with Gasteiger partial charge in [-0.1, -0.05) is 44.9 Å². The van der Waals surface area contributed by atoms with Gasteiger partial charge in [-0.2, -0.15) is 0 Å². The predicted molar refractivity (Wildman–Crippen MR) is 88.2 cm³/mol. The maximum atomic E-state index is 3.75. The largest absolute Gasteiger partial charge is 0.314 e. The van der Waals surface area contributed by atoms with Gasteiger partial charge in [0.2, 0.25) is 0 Å². The van der Waals surface area contributed by atoms with Crippen LogP contribution >= 0.6 is 0 Å². The molecule has 1 aromatic rings. The molecular weight excluding hydrogens is 242 g/mol. The second-order valence-corrected chi connectivity index (χ2v) is 6.81. The van der Waals surface area contributed by atoms with Crippen molar-refractivity contribution in [3.05, 3.63) is 34.9 Å². The van der Waals surface area contributed by atoms with E-state index < -0.39 is 0 Å². The Morgan fingerprint density at radius 3 is 2.40 bits per heavy atom. The van der Waals surface area contributed by atoms with E-state index in [4.69, 9.17) is 0 Å². The molecule has 0 spiro atoms. The minimum atomic E-state index is 0.662. The lowest BCUT2D eigenvalue weighted by molar-refractivity contribution is 0.230. The van der Waals surface area contributed by atoms with Crippen molar-refractivity contribution in [3.8, 4) is 0 Å². The van der Waals surface area contributed by atoms with E-state index in [1.54, 1.807) is 0 Å². The van der Waals surface area contributed by atoms with Crippen molar-refractivity contribution >= 4 is 0 Å². The Morgan fingerprint density at radius 1 is 1.10 bits per heavy atom. The predicted octanol–water partition coefficient (Wildman–Crippen LogP) is 4.65. The average molecular weight is 273 g/mol. The van der Waals surface area contributed by atoms with Crippen LogP contribution in [-0.4, -0.2) is 12.6 Å². The Balaban J connectivity index is 2.02. The number of likely N-dealkylation sites (N-methyl/N-ethyl adjacent to an activating group) is 1. The van der Waals surface area contributed by atoms with E-state index in [0.717, 1.165) is 18.4 Å². The van der Waals surface area contributed by atoms with E-state index in [1.165, 1.54) is 48.8 Å². The fraction of sp³-hybridized carbons (Fsp3) is 0.684. The number of aryl methyl sites for hydroxylation is 2. The van der Waals surface area contributed by atoms with Gasteiger partial charge in [0.15, 0.2) is 0 Å². The molecule has 1 aliphatic carbocycles. The number of hydrogen-bond donors (Lipinski definition) is 1. The molecule has 20 heavy (non-hydrogen) atoms. The van der Waals surface area contributed by atoms with Crippen LogP contribution in [0.4, 0.5) is 0 Å². The highest BCUT2D eigenvalue weighted by atomic mass is 14.9. The molecule has 0 bridgehead atoms. The fourth-order valence-corrected chi connectivity index (χ4v) is 3.54. The Morgan fingerprint density at radius 2 is 1.80 bits per heavy atom. The molecule has 0 aromatic heterocycles. The van der Waals surface area contributed by atoms with Crippen molar-refractivity contribution in [1.29, 1.82) is 0 Å². The number of nitrogens with one attached hydrogen (secondary N) is 1. The molecule has 0 saturated heterocycles. The van der Waals surface area contributed by atoms with E-state index in [9.17, 15) is 0 Å². The van der Waals surface area contributed by atoms with E-state index in [0.29, 0.717) is 6.04 Å². The lowest BCUT2D eigenvalue weighted by atomic mass is 9.77. The van der Waals surface area contributed by atoms with Crippen LogP contribution in [0.5, 0.6) is 0 Å². The third kappa shape index (κ3) is 4.09. The number of rotatable bonds is 5. The van der Waals surface area contributed by atoms with Crippen molar-refractivity contribution < 1.29 is 0 Å². The summed E-state index contributed by atoms with van der Waals surface area (Å²) in [7, 11) is 0. The van der Waals surface area contributed by atoms with Crippen LogP contribution in [0.25, 0.3) is 0 Å². The molecule has 1 nitrogen and oxygen atoms in total. The first-order chi connectivity index (χ1) is 9.60. The van der Waals surface area contributed by atoms with Crippen LogP contribution in [0.1, 0.15) is 56.2 Å². The van der Waals surface area contributed by atoms with Crippen LogP contribution in [0.15, 0.2) is 18.2 Å². The van der Waals surface area contributed by atoms with Crippen molar-refractivity contribution in [1.82, 2.24) is 5.32 Å². The molecule has 0 amide bonds. The first kappa shape index (κ1) is 15.6. The van der Waals surface area contributed by atoms with Gasteiger partial charge in [-0.05, 0) is 68.2 Å². The summed E-state index contributed by atoms with van der Waals surface area (Å²) in [6.07, 6.45) is 6.83. The van der Waals surface area contributed by atoms with Crippen molar-refractivity contribution in [2.24, 2.45) is 11.8 Å². The quantitative estimate of drug-likeness (QED) is 0.823. The van der Waals surface area contributed by atoms with Gasteiger partial charge in [0.25, 0.3) is 0 Å². The van der Waals surface area contributed by atoms with Crippen LogP contribution < -0.4 is 5.32 Å². The van der Waals surface area contributed by atoms with Gasteiger partial charge in [-0.15, -0.1) is 0 Å². The van der Waals surface area contributed by atoms with Gasteiger partial charge in [-0.3, -0.25) is 0 Å². The van der Waals surface area contributed by atoms with Gasteiger partial charge in [-0.25, -0.2) is 0 Å². The third-order valence-corrected chi connectivity index (χ3v) is 5.12. The number of hydrogen-bond acceptors (Lipinski definition) is 1. The molecule has 0 heterocycles. The molecule has 1 N–H and O–H groups in total. The molecule has 1 aliphatic rings. The highest BCUT2D eigenvalue weighted by Gasteiger charge is 2.25. The smallest absolute Gasteiger partial charge is 0.0136 e. The Labute approximate surface area is 125 Å². The van der Waals surface area contributed by atoms with Gasteiger partial charge < -0.3 is 5.32 Å². The molecule has 0 aliphatic heterocycles. The third-order valence-electron chi connectivity index (χ3n) is 5.12. The lowest BCUT2D eigenvalue weighted by Crippen LogP contribution is -2.39. The molecule has 1 fully saturated rings. The van der Waals surface area contributed by atoms with Crippen molar-refractivity contribution in [2.75, 3.05) is 6.54 Å². The van der Waals surface area contributed by atoms with Gasteiger partial charge in [0.1, 0.15) is 0 Å². The van der Waals surface area contributed by atoms with Crippen molar-refractivity contribution in [3.63, 3.8) is 0 Å². The highest BCUT2D eigenvalue weighted by molar-refractivity contribution is 5.30. The molecular formula is C19H31N. The second-order valence-electron chi connectivity index (χ2n) is 6.81. The van der Waals surface area contributed by atoms with Gasteiger partial charge >= 0.3 is 0 Å². The van der Waals surface area contributed by atoms with E-state index in [2.05, 4.69) is 51.2 Å². The highest BCUT2D eigenvalue weighted by Crippen LogP contribution is 2.31.